The van der Waals surface area contributed by atoms with Gasteiger partial charge in [-0.25, -0.2) is 0 Å². The zero-order valence-electron chi connectivity index (χ0n) is 10.6. The van der Waals surface area contributed by atoms with Gasteiger partial charge in [-0.15, -0.1) is 21.5 Å². The van der Waals surface area contributed by atoms with Crippen LogP contribution in [0.1, 0.15) is 24.6 Å². The number of aryl methyl sites for hydroxylation is 1. The highest BCUT2D eigenvalue weighted by Crippen LogP contribution is 2.25. The van der Waals surface area contributed by atoms with E-state index in [1.807, 2.05) is 6.07 Å². The van der Waals surface area contributed by atoms with Crippen molar-refractivity contribution >= 4 is 45.5 Å². The van der Waals surface area contributed by atoms with E-state index in [0.29, 0.717) is 11.6 Å². The Bertz CT molecular complexity index is 510. The molecule has 0 fully saturated rings. The fourth-order valence-corrected chi connectivity index (χ4v) is 3.92. The maximum absolute atomic E-state index is 11.7. The molecule has 0 spiro atoms. The largest absolute Gasteiger partial charge is 0.301 e. The van der Waals surface area contributed by atoms with E-state index in [0.717, 1.165) is 22.9 Å². The number of hydrogen-bond acceptors (Lipinski definition) is 6. The number of anilines is 1. The van der Waals surface area contributed by atoms with E-state index in [2.05, 4.69) is 33.9 Å². The Balaban J connectivity index is 1.71. The molecule has 1 amide bonds. The Kier molecular flexibility index (Phi) is 5.81. The first-order valence-corrected chi connectivity index (χ1v) is 8.74. The molecule has 19 heavy (non-hydrogen) atoms. The van der Waals surface area contributed by atoms with Crippen LogP contribution in [0.2, 0.25) is 0 Å². The number of aromatic nitrogens is 2. The molecular weight excluding hydrogens is 298 g/mol. The smallest absolute Gasteiger partial charge is 0.226 e. The average molecular weight is 313 g/mol. The molecule has 0 radical (unpaired) electrons. The topological polar surface area (TPSA) is 54.9 Å². The molecule has 0 unspecified atom stereocenters. The standard InChI is InChI=1S/C12H15N3OS3/c1-2-17-12-15-14-11(19-12)13-10(16)7-3-5-9-6-4-8-18-9/h4,6,8H,2-3,5,7H2,1H3,(H,13,14,16). The lowest BCUT2D eigenvalue weighted by atomic mass is 10.2. The van der Waals surface area contributed by atoms with Crippen molar-refractivity contribution in [2.45, 2.75) is 30.5 Å². The predicted molar refractivity (Wildman–Crippen MR) is 82.2 cm³/mol. The quantitative estimate of drug-likeness (QED) is 0.626. The van der Waals surface area contributed by atoms with Crippen molar-refractivity contribution in [1.82, 2.24) is 10.2 Å². The van der Waals surface area contributed by atoms with Crippen LogP contribution in [0.3, 0.4) is 0 Å². The van der Waals surface area contributed by atoms with Crippen LogP contribution in [0, 0.1) is 0 Å². The molecule has 7 heteroatoms. The van der Waals surface area contributed by atoms with Gasteiger partial charge in [-0.1, -0.05) is 36.1 Å². The van der Waals surface area contributed by atoms with Gasteiger partial charge in [-0.05, 0) is 30.0 Å². The summed E-state index contributed by atoms with van der Waals surface area (Å²) in [7, 11) is 0. The number of rotatable bonds is 7. The molecule has 1 N–H and O–H groups in total. The Morgan fingerprint density at radius 2 is 2.37 bits per heavy atom. The maximum Gasteiger partial charge on any atom is 0.226 e. The van der Waals surface area contributed by atoms with Crippen molar-refractivity contribution in [3.8, 4) is 0 Å². The second kappa shape index (κ2) is 7.62. The number of nitrogens with zero attached hydrogens (tertiary/aromatic N) is 2. The van der Waals surface area contributed by atoms with E-state index in [4.69, 9.17) is 0 Å². The third kappa shape index (κ3) is 4.93. The van der Waals surface area contributed by atoms with Gasteiger partial charge >= 0.3 is 0 Å². The summed E-state index contributed by atoms with van der Waals surface area (Å²) in [5.74, 6) is 0.976. The third-order valence-corrected chi connectivity index (χ3v) is 5.12. The SMILES string of the molecule is CCSc1nnc(NC(=O)CCCc2cccs2)s1. The Morgan fingerprint density at radius 3 is 3.11 bits per heavy atom. The minimum Gasteiger partial charge on any atom is -0.301 e. The van der Waals surface area contributed by atoms with Crippen LogP contribution in [0.15, 0.2) is 21.9 Å². The molecule has 2 aromatic heterocycles. The second-order valence-electron chi connectivity index (χ2n) is 3.79. The monoisotopic (exact) mass is 313 g/mol. The molecule has 0 bridgehead atoms. The first-order chi connectivity index (χ1) is 9.28. The van der Waals surface area contributed by atoms with Gasteiger partial charge in [0.15, 0.2) is 4.34 Å². The zero-order valence-corrected chi connectivity index (χ0v) is 13.0. The second-order valence-corrected chi connectivity index (χ2v) is 7.31. The molecule has 0 aliphatic carbocycles. The van der Waals surface area contributed by atoms with Gasteiger partial charge in [0.25, 0.3) is 0 Å². The molecule has 102 valence electrons. The molecule has 0 aliphatic heterocycles. The molecule has 2 heterocycles. The number of carbonyl (C=O) groups excluding carboxylic acids is 1. The summed E-state index contributed by atoms with van der Waals surface area (Å²) in [4.78, 5) is 13.1. The summed E-state index contributed by atoms with van der Waals surface area (Å²) in [5, 5.41) is 13.4. The maximum atomic E-state index is 11.7. The minimum absolute atomic E-state index is 0.0146. The van der Waals surface area contributed by atoms with Crippen molar-refractivity contribution in [1.29, 1.82) is 0 Å². The fourth-order valence-electron chi connectivity index (χ4n) is 1.50. The van der Waals surface area contributed by atoms with Gasteiger partial charge in [-0.3, -0.25) is 4.79 Å². The number of hydrogen-bond donors (Lipinski definition) is 1. The summed E-state index contributed by atoms with van der Waals surface area (Å²) in [6, 6.07) is 4.13. The lowest BCUT2D eigenvalue weighted by molar-refractivity contribution is -0.116. The van der Waals surface area contributed by atoms with Crippen LogP contribution in [0.5, 0.6) is 0 Å². The molecule has 0 saturated carbocycles. The first-order valence-electron chi connectivity index (χ1n) is 6.06. The van der Waals surface area contributed by atoms with Crippen LogP contribution in [0.4, 0.5) is 5.13 Å². The van der Waals surface area contributed by atoms with Gasteiger partial charge in [-0.2, -0.15) is 0 Å². The molecule has 0 atom stereocenters. The normalized spacial score (nSPS) is 10.6. The van der Waals surface area contributed by atoms with Gasteiger partial charge in [0.2, 0.25) is 11.0 Å². The van der Waals surface area contributed by atoms with Gasteiger partial charge in [0, 0.05) is 11.3 Å². The van der Waals surface area contributed by atoms with Crippen molar-refractivity contribution in [3.63, 3.8) is 0 Å². The van der Waals surface area contributed by atoms with Crippen LogP contribution in [0.25, 0.3) is 0 Å². The van der Waals surface area contributed by atoms with E-state index in [1.165, 1.54) is 16.2 Å². The van der Waals surface area contributed by atoms with Crippen molar-refractivity contribution < 1.29 is 4.79 Å². The third-order valence-electron chi connectivity index (χ3n) is 2.33. The number of amides is 1. The summed E-state index contributed by atoms with van der Waals surface area (Å²) in [5.41, 5.74) is 0. The lowest BCUT2D eigenvalue weighted by Crippen LogP contribution is -2.11. The number of nitrogens with one attached hydrogen (secondary N) is 1. The summed E-state index contributed by atoms with van der Waals surface area (Å²) in [6.45, 7) is 2.06. The number of thiophene rings is 1. The molecule has 2 rings (SSSR count). The predicted octanol–water partition coefficient (Wildman–Crippen LogP) is 3.67. The van der Waals surface area contributed by atoms with E-state index in [-0.39, 0.29) is 5.91 Å². The molecular formula is C12H15N3OS3. The minimum atomic E-state index is 0.0146. The highest BCUT2D eigenvalue weighted by molar-refractivity contribution is 8.01. The van der Waals surface area contributed by atoms with Crippen LogP contribution >= 0.6 is 34.4 Å². The average Bonchev–Trinajstić information content (AvgIpc) is 3.02. The van der Waals surface area contributed by atoms with Gasteiger partial charge in [0.05, 0.1) is 0 Å². The Morgan fingerprint density at radius 1 is 1.47 bits per heavy atom. The van der Waals surface area contributed by atoms with E-state index >= 15 is 0 Å². The first kappa shape index (κ1) is 14.5. The van der Waals surface area contributed by atoms with Crippen LogP contribution in [-0.2, 0) is 11.2 Å². The highest BCUT2D eigenvalue weighted by atomic mass is 32.2. The zero-order chi connectivity index (χ0) is 13.5. The van der Waals surface area contributed by atoms with E-state index < -0.39 is 0 Å². The van der Waals surface area contributed by atoms with E-state index in [1.54, 1.807) is 23.1 Å². The highest BCUT2D eigenvalue weighted by Gasteiger charge is 2.08. The number of carbonyl (C=O) groups is 1. The summed E-state index contributed by atoms with van der Waals surface area (Å²) >= 11 is 4.79. The summed E-state index contributed by atoms with van der Waals surface area (Å²) in [6.07, 6.45) is 2.34. The van der Waals surface area contributed by atoms with Crippen molar-refractivity contribution in [2.75, 3.05) is 11.1 Å². The molecule has 0 aliphatic rings. The van der Waals surface area contributed by atoms with Gasteiger partial charge < -0.3 is 5.32 Å². The van der Waals surface area contributed by atoms with Crippen molar-refractivity contribution in [2.24, 2.45) is 0 Å². The molecule has 4 nitrogen and oxygen atoms in total. The van der Waals surface area contributed by atoms with Crippen LogP contribution in [-0.4, -0.2) is 21.9 Å². The molecule has 0 aromatic carbocycles. The van der Waals surface area contributed by atoms with E-state index in [9.17, 15) is 4.79 Å². The molecule has 0 saturated heterocycles. The fraction of sp³-hybridized carbons (Fsp3) is 0.417. The number of thioether (sulfide) groups is 1. The lowest BCUT2D eigenvalue weighted by Gasteiger charge is -2.00. The van der Waals surface area contributed by atoms with Crippen molar-refractivity contribution in [3.05, 3.63) is 22.4 Å². The molecule has 2 aromatic rings. The van der Waals surface area contributed by atoms with Gasteiger partial charge in [0.1, 0.15) is 0 Å². The Hall–Kier alpha value is -0.920. The summed E-state index contributed by atoms with van der Waals surface area (Å²) < 4.78 is 0.899. The van der Waals surface area contributed by atoms with Crippen LogP contribution < -0.4 is 5.32 Å². The Labute approximate surface area is 124 Å².